The van der Waals surface area contributed by atoms with E-state index in [2.05, 4.69) is 169 Å². The molecule has 0 spiro atoms. The zero-order valence-electron chi connectivity index (χ0n) is 26.5. The molecule has 2 aromatic heterocycles. The molecule has 2 nitrogen and oxygen atoms in total. The number of anilines is 3. The second-order valence-electron chi connectivity index (χ2n) is 12.6. The summed E-state index contributed by atoms with van der Waals surface area (Å²) in [5.41, 5.74) is 9.77. The minimum Gasteiger partial charge on any atom is -0.456 e. The zero-order valence-corrected chi connectivity index (χ0v) is 27.3. The van der Waals surface area contributed by atoms with Gasteiger partial charge in [0.1, 0.15) is 11.2 Å². The number of nitrogens with zero attached hydrogens (tertiary/aromatic N) is 1. The van der Waals surface area contributed by atoms with Gasteiger partial charge in [-0.15, -0.1) is 11.3 Å². The summed E-state index contributed by atoms with van der Waals surface area (Å²) in [6.07, 6.45) is 0. The molecule has 3 heteroatoms. The molecular weight excluding hydrogens is 615 g/mol. The number of hydrogen-bond acceptors (Lipinski definition) is 3. The van der Waals surface area contributed by atoms with Crippen molar-refractivity contribution in [3.05, 3.63) is 176 Å². The van der Waals surface area contributed by atoms with Gasteiger partial charge in [-0.1, -0.05) is 115 Å². The van der Waals surface area contributed by atoms with Crippen LogP contribution in [0.1, 0.15) is 0 Å². The summed E-state index contributed by atoms with van der Waals surface area (Å²) in [4.78, 5) is 2.44. The molecule has 8 aromatic carbocycles. The second-order valence-corrected chi connectivity index (χ2v) is 13.6. The summed E-state index contributed by atoms with van der Waals surface area (Å²) in [7, 11) is 0. The highest BCUT2D eigenvalue weighted by Crippen LogP contribution is 2.47. The van der Waals surface area contributed by atoms with Crippen LogP contribution in [0.25, 0.3) is 75.1 Å². The Labute approximate surface area is 287 Å². The normalized spacial score (nSPS) is 11.7. The SMILES string of the molecule is c1ccc(-c2cc(-c3ccc4c(c3)oc3ccccc34)cc(N(c3ccc4ccccc4c3)c3cccc4c3sc3ccccc34)c2)cc1. The fourth-order valence-corrected chi connectivity index (χ4v) is 8.47. The van der Waals surface area contributed by atoms with Crippen molar-refractivity contribution in [2.24, 2.45) is 0 Å². The molecule has 0 atom stereocenters. The lowest BCUT2D eigenvalue weighted by Crippen LogP contribution is -2.10. The topological polar surface area (TPSA) is 16.4 Å². The lowest BCUT2D eigenvalue weighted by Gasteiger charge is -2.28. The van der Waals surface area contributed by atoms with Gasteiger partial charge in [0.25, 0.3) is 0 Å². The second kappa shape index (κ2) is 11.2. The van der Waals surface area contributed by atoms with Crippen LogP contribution in [0.3, 0.4) is 0 Å². The van der Waals surface area contributed by atoms with Gasteiger partial charge in [0, 0.05) is 37.6 Å². The monoisotopic (exact) mass is 643 g/mol. The Kier molecular flexibility index (Phi) is 6.39. The van der Waals surface area contributed by atoms with Crippen LogP contribution >= 0.6 is 11.3 Å². The summed E-state index contributed by atoms with van der Waals surface area (Å²) >= 11 is 1.86. The first-order chi connectivity index (χ1) is 24.3. The van der Waals surface area contributed by atoms with Crippen LogP contribution in [0.2, 0.25) is 0 Å². The molecule has 0 aliphatic rings. The molecule has 0 radical (unpaired) electrons. The Bertz CT molecular complexity index is 2840. The Hall–Kier alpha value is -6.16. The van der Waals surface area contributed by atoms with Gasteiger partial charge < -0.3 is 9.32 Å². The van der Waals surface area contributed by atoms with Crippen LogP contribution in [0.4, 0.5) is 17.1 Å². The minimum absolute atomic E-state index is 0.895. The molecule has 2 heterocycles. The van der Waals surface area contributed by atoms with E-state index in [0.717, 1.165) is 55.7 Å². The van der Waals surface area contributed by atoms with Gasteiger partial charge in [0.15, 0.2) is 0 Å². The highest BCUT2D eigenvalue weighted by molar-refractivity contribution is 7.26. The van der Waals surface area contributed by atoms with E-state index in [9.17, 15) is 0 Å². The maximum atomic E-state index is 6.35. The summed E-state index contributed by atoms with van der Waals surface area (Å²) in [6, 6.07) is 63.4. The molecule has 0 unspecified atom stereocenters. The lowest BCUT2D eigenvalue weighted by atomic mass is 9.96. The van der Waals surface area contributed by atoms with Gasteiger partial charge in [-0.3, -0.25) is 0 Å². The number of benzene rings is 8. The van der Waals surface area contributed by atoms with Gasteiger partial charge in [-0.2, -0.15) is 0 Å². The molecule has 0 aliphatic carbocycles. The third-order valence-corrected chi connectivity index (χ3v) is 10.8. The van der Waals surface area contributed by atoms with Crippen LogP contribution < -0.4 is 4.90 Å². The number of fused-ring (bicyclic) bond motifs is 7. The summed E-state index contributed by atoms with van der Waals surface area (Å²) in [6.45, 7) is 0. The van der Waals surface area contributed by atoms with Crippen molar-refractivity contribution in [1.82, 2.24) is 0 Å². The first-order valence-corrected chi connectivity index (χ1v) is 17.4. The van der Waals surface area contributed by atoms with E-state index in [4.69, 9.17) is 4.42 Å². The average molecular weight is 644 g/mol. The quantitative estimate of drug-likeness (QED) is 0.186. The Morgan fingerprint density at radius 3 is 2.00 bits per heavy atom. The Morgan fingerprint density at radius 1 is 0.388 bits per heavy atom. The van der Waals surface area contributed by atoms with E-state index in [0.29, 0.717) is 0 Å². The molecule has 0 bridgehead atoms. The molecule has 10 rings (SSSR count). The van der Waals surface area contributed by atoms with Crippen LogP contribution in [0, 0.1) is 0 Å². The molecular formula is C46H29NOS. The molecule has 0 fully saturated rings. The highest BCUT2D eigenvalue weighted by Gasteiger charge is 2.20. The lowest BCUT2D eigenvalue weighted by molar-refractivity contribution is 0.669. The summed E-state index contributed by atoms with van der Waals surface area (Å²) in [5, 5.41) is 7.28. The van der Waals surface area contributed by atoms with Crippen LogP contribution in [-0.2, 0) is 0 Å². The van der Waals surface area contributed by atoms with Crippen LogP contribution in [0.15, 0.2) is 180 Å². The third kappa shape index (κ3) is 4.70. The van der Waals surface area contributed by atoms with Crippen molar-refractivity contribution in [2.75, 3.05) is 4.90 Å². The van der Waals surface area contributed by atoms with Crippen LogP contribution in [0.5, 0.6) is 0 Å². The predicted molar refractivity (Wildman–Crippen MR) is 210 cm³/mol. The van der Waals surface area contributed by atoms with E-state index in [1.165, 1.54) is 36.5 Å². The standard InChI is InChI=1S/C46H29NOS/c1-2-11-30(12-3-1)34-25-35(33-22-24-39-38-15-6-8-19-43(38)48-44(39)29-33)28-37(27-34)47(36-23-21-31-13-4-5-14-32(31)26-36)42-18-10-17-41-40-16-7-9-20-45(40)49-46(41)42/h1-29H. The van der Waals surface area contributed by atoms with Crippen LogP contribution in [-0.4, -0.2) is 0 Å². The van der Waals surface area contributed by atoms with Gasteiger partial charge in [0.2, 0.25) is 0 Å². The largest absolute Gasteiger partial charge is 0.456 e. The maximum Gasteiger partial charge on any atom is 0.136 e. The van der Waals surface area contributed by atoms with Crippen molar-refractivity contribution in [3.8, 4) is 22.3 Å². The number of hydrogen-bond donors (Lipinski definition) is 0. The van der Waals surface area contributed by atoms with Crippen molar-refractivity contribution in [2.45, 2.75) is 0 Å². The molecule has 0 aliphatic heterocycles. The number of furan rings is 1. The predicted octanol–water partition coefficient (Wildman–Crippen LogP) is 13.9. The van der Waals surface area contributed by atoms with Crippen molar-refractivity contribution in [3.63, 3.8) is 0 Å². The molecule has 230 valence electrons. The van der Waals surface area contributed by atoms with E-state index in [1.54, 1.807) is 0 Å². The molecule has 0 saturated carbocycles. The van der Waals surface area contributed by atoms with E-state index < -0.39 is 0 Å². The average Bonchev–Trinajstić information content (AvgIpc) is 3.74. The van der Waals surface area contributed by atoms with Gasteiger partial charge in [-0.25, -0.2) is 0 Å². The maximum absolute atomic E-state index is 6.35. The fourth-order valence-electron chi connectivity index (χ4n) is 7.26. The van der Waals surface area contributed by atoms with E-state index in [1.807, 2.05) is 23.5 Å². The number of thiophene rings is 1. The Morgan fingerprint density at radius 2 is 1.10 bits per heavy atom. The minimum atomic E-state index is 0.895. The summed E-state index contributed by atoms with van der Waals surface area (Å²) < 4.78 is 8.92. The molecule has 10 aromatic rings. The van der Waals surface area contributed by atoms with Gasteiger partial charge >= 0.3 is 0 Å². The number of para-hydroxylation sites is 1. The Balaban J connectivity index is 1.25. The molecule has 49 heavy (non-hydrogen) atoms. The van der Waals surface area contributed by atoms with Crippen molar-refractivity contribution < 1.29 is 4.42 Å². The third-order valence-electron chi connectivity index (χ3n) is 9.61. The fraction of sp³-hybridized carbons (Fsp3) is 0. The number of rotatable bonds is 5. The van der Waals surface area contributed by atoms with Gasteiger partial charge in [-0.05, 0) is 93.7 Å². The van der Waals surface area contributed by atoms with E-state index in [-0.39, 0.29) is 0 Å². The van der Waals surface area contributed by atoms with Crippen molar-refractivity contribution >= 4 is 81.3 Å². The molecule has 0 N–H and O–H groups in total. The van der Waals surface area contributed by atoms with Crippen molar-refractivity contribution in [1.29, 1.82) is 0 Å². The summed E-state index contributed by atoms with van der Waals surface area (Å²) in [5.74, 6) is 0. The first kappa shape index (κ1) is 27.9. The first-order valence-electron chi connectivity index (χ1n) is 16.6. The molecule has 0 amide bonds. The smallest absolute Gasteiger partial charge is 0.136 e. The van der Waals surface area contributed by atoms with Gasteiger partial charge in [0.05, 0.1) is 10.4 Å². The van der Waals surface area contributed by atoms with E-state index >= 15 is 0 Å². The highest BCUT2D eigenvalue weighted by atomic mass is 32.1. The zero-order chi connectivity index (χ0) is 32.3. The molecule has 0 saturated heterocycles.